The number of hydrogen-bond donors (Lipinski definition) is 18. The van der Waals surface area contributed by atoms with Gasteiger partial charge in [-0.2, -0.15) is 0 Å². The number of nitrogens with zero attached hydrogens (tertiary/aromatic N) is 6. The van der Waals surface area contributed by atoms with Gasteiger partial charge in [-0.3, -0.25) is 94.0 Å². The molecule has 123 heavy (non-hydrogen) atoms. The summed E-state index contributed by atoms with van der Waals surface area (Å²) in [4.78, 5) is 212. The number of aliphatic carboxylic acids is 1. The number of benzene rings is 3. The van der Waals surface area contributed by atoms with Crippen molar-refractivity contribution in [1.29, 1.82) is 16.2 Å². The summed E-state index contributed by atoms with van der Waals surface area (Å²) in [6, 6.07) is 4.25. The Morgan fingerprint density at radius 2 is 1.17 bits per heavy atom. The average molecular weight is 1720 g/mol. The molecular formula is C79H111N23O21. The summed E-state index contributed by atoms with van der Waals surface area (Å²) in [5.74, 6) is -13.9. The molecule has 44 nitrogen and oxygen atoms in total. The van der Waals surface area contributed by atoms with Gasteiger partial charge in [-0.1, -0.05) is 44.2 Å². The number of methoxy groups -OCH3 is 1. The summed E-state index contributed by atoms with van der Waals surface area (Å²) < 4.78 is 16.6. The number of guanidine groups is 3. The average Bonchev–Trinajstić information content (AvgIpc) is 1.74. The standard InChI is InChI=1S/C79H111N23O21/c1-43(2)35-56(92-74(114)58-14-10-27-100(58)76(116)67(48-25-32-99(33-26-48)79(85)86)94-61(103)36-49-37-64(107)123-60-39-51(121-4)16-17-52(49)60)70(110)88-41-62(104)90-54(13-8-9-34-122-42-45-11-6-5-7-12-45)71(111)93-57(40-87-53-18-15-50(101(117)118)38-59(53)102(119)120)73(113)89-44(3)69(109)96-66(47-23-30-98(31-24-47)78(83)84)75(115)91-55(19-20-63(105)106)72(112)95-65(68(80)108)46-21-28-97(29-22-46)77(81)82/h5-7,11-12,15-18,37-39,43-44,46-48,54-58,65-67,87H,8-10,13-14,19-36,40-42H2,1-4H3,(H2,80,108)(H3,81,82)(H3,83,84)(H3,85,86)(H,88,110)(H,89,113)(H,90,104)(H,91,115)(H,92,114)(H,93,111)(H,94,103)(H,95,112)(H,96,109)(H,105,106)/t44-,54-,55-,56-,57+,58?,65+,66+,67-/m0/s1. The largest absolute Gasteiger partial charge is 0.497 e. The van der Waals surface area contributed by atoms with Crippen molar-refractivity contribution in [2.24, 2.45) is 46.6 Å². The van der Waals surface area contributed by atoms with E-state index in [1.807, 2.05) is 30.3 Å². The highest BCUT2D eigenvalue weighted by Gasteiger charge is 2.44. The summed E-state index contributed by atoms with van der Waals surface area (Å²) in [5.41, 5.74) is 21.8. The maximum absolute atomic E-state index is 15.0. The number of hydrogen-bond acceptors (Lipinski definition) is 24. The minimum Gasteiger partial charge on any atom is -0.497 e. The molecule has 0 bridgehead atoms. The van der Waals surface area contributed by atoms with E-state index in [9.17, 15) is 82.9 Å². The number of nitrogens with two attached hydrogens (primary N) is 4. The maximum atomic E-state index is 15.0. The van der Waals surface area contributed by atoms with Crippen molar-refractivity contribution in [3.05, 3.63) is 115 Å². The molecule has 0 saturated carbocycles. The Hall–Kier alpha value is -13.3. The lowest BCUT2D eigenvalue weighted by Crippen LogP contribution is -2.62. The lowest BCUT2D eigenvalue weighted by Gasteiger charge is -2.38. The molecule has 4 fully saturated rings. The van der Waals surface area contributed by atoms with Gasteiger partial charge in [-0.15, -0.1) is 0 Å². The molecule has 0 spiro atoms. The number of carbonyl (C=O) groups is 12. The van der Waals surface area contributed by atoms with Crippen LogP contribution in [0.2, 0.25) is 0 Å². The number of non-ortho nitro benzene ring substituents is 1. The Balaban J connectivity index is 1.00. The van der Waals surface area contributed by atoms with Gasteiger partial charge in [0.1, 0.15) is 71.4 Å². The van der Waals surface area contributed by atoms with Crippen molar-refractivity contribution in [2.45, 2.75) is 178 Å². The van der Waals surface area contributed by atoms with Crippen molar-refractivity contribution in [3.8, 4) is 5.75 Å². The lowest BCUT2D eigenvalue weighted by molar-refractivity contribution is -0.393. The number of fused-ring (bicyclic) bond motifs is 1. The fraction of sp³-hybridized carbons (Fsp3) is 0.544. The summed E-state index contributed by atoms with van der Waals surface area (Å²) >= 11 is 0. The number of primary amides is 1. The van der Waals surface area contributed by atoms with Crippen LogP contribution in [-0.2, 0) is 75.3 Å². The van der Waals surface area contributed by atoms with Crippen LogP contribution in [0.15, 0.2) is 82.0 Å². The number of carbonyl (C=O) groups excluding carboxylic acids is 11. The third-order valence-electron chi connectivity index (χ3n) is 22.2. The Kier molecular flexibility index (Phi) is 35.1. The molecule has 9 atom stereocenters. The first-order chi connectivity index (χ1) is 58.5. The number of piperidine rings is 3. The minimum absolute atomic E-state index is 0.00620. The second kappa shape index (κ2) is 45.4. The first-order valence-electron chi connectivity index (χ1n) is 40.7. The fourth-order valence-corrected chi connectivity index (χ4v) is 15.4. The third kappa shape index (κ3) is 27.9. The number of ether oxygens (including phenoxy) is 2. The molecule has 1 aromatic heterocycles. The van der Waals surface area contributed by atoms with Crippen LogP contribution in [0.3, 0.4) is 0 Å². The first kappa shape index (κ1) is 95.2. The topological polar surface area (TPSA) is 669 Å². The highest BCUT2D eigenvalue weighted by Crippen LogP contribution is 2.32. The van der Waals surface area contributed by atoms with Crippen LogP contribution in [0.4, 0.5) is 17.1 Å². The van der Waals surface area contributed by atoms with Gasteiger partial charge >= 0.3 is 11.6 Å². The number of nitrogens with one attached hydrogen (secondary N) is 13. The van der Waals surface area contributed by atoms with E-state index in [4.69, 9.17) is 53.1 Å². The van der Waals surface area contributed by atoms with Gasteiger partial charge in [0.2, 0.25) is 65.0 Å². The van der Waals surface area contributed by atoms with Crippen LogP contribution >= 0.6 is 0 Å². The van der Waals surface area contributed by atoms with E-state index in [0.717, 1.165) is 17.7 Å². The van der Waals surface area contributed by atoms with Crippen LogP contribution < -0.4 is 86.5 Å². The summed E-state index contributed by atoms with van der Waals surface area (Å²) in [6.07, 6.45) is 0.501. The zero-order valence-corrected chi connectivity index (χ0v) is 68.9. The molecule has 44 heteroatoms. The number of likely N-dealkylation sites (tertiary alicyclic amines) is 4. The number of anilines is 1. The molecule has 3 aromatic carbocycles. The van der Waals surface area contributed by atoms with E-state index in [1.165, 1.54) is 36.0 Å². The first-order valence-corrected chi connectivity index (χ1v) is 40.7. The molecule has 0 radical (unpaired) electrons. The predicted octanol–water partition coefficient (Wildman–Crippen LogP) is -1.12. The van der Waals surface area contributed by atoms with E-state index in [0.29, 0.717) is 42.0 Å². The van der Waals surface area contributed by atoms with E-state index in [1.54, 1.807) is 35.8 Å². The van der Waals surface area contributed by atoms with Crippen LogP contribution in [0.25, 0.3) is 11.0 Å². The Bertz CT molecular complexity index is 4590. The number of nitro benzene ring substituents is 2. The third-order valence-corrected chi connectivity index (χ3v) is 22.2. The molecule has 4 aliphatic heterocycles. The number of amides is 11. The highest BCUT2D eigenvalue weighted by atomic mass is 16.6. The Labute approximate surface area is 707 Å². The maximum Gasteiger partial charge on any atom is 0.336 e. The van der Waals surface area contributed by atoms with Crippen LogP contribution in [0.5, 0.6) is 5.75 Å². The van der Waals surface area contributed by atoms with Gasteiger partial charge in [0.05, 0.1) is 42.6 Å². The van der Waals surface area contributed by atoms with Crippen LogP contribution in [0.1, 0.15) is 122 Å². The molecule has 4 saturated heterocycles. The summed E-state index contributed by atoms with van der Waals surface area (Å²) in [5, 5.41) is 84.4. The second-order valence-corrected chi connectivity index (χ2v) is 31.3. The fourth-order valence-electron chi connectivity index (χ4n) is 15.4. The quantitative estimate of drug-likeness (QED) is 0.00624. The molecular weight excluding hydrogens is 1610 g/mol. The lowest BCUT2D eigenvalue weighted by atomic mass is 9.88. The smallest absolute Gasteiger partial charge is 0.336 e. The van der Waals surface area contributed by atoms with Gasteiger partial charge in [0.15, 0.2) is 17.9 Å². The van der Waals surface area contributed by atoms with Crippen molar-refractivity contribution in [3.63, 3.8) is 0 Å². The van der Waals surface area contributed by atoms with Crippen molar-refractivity contribution >= 4 is 117 Å². The molecule has 1 unspecified atom stereocenters. The van der Waals surface area contributed by atoms with E-state index in [-0.39, 0.29) is 158 Å². The van der Waals surface area contributed by atoms with Crippen molar-refractivity contribution in [1.82, 2.24) is 67.5 Å². The SMILES string of the molecule is COc1ccc2c(CC(=O)N[C@H](C(=O)N3CCCC3C(=O)N[C@@H](CC(C)C)C(=O)NCC(=O)N[C@@H](CCCCOCc3ccccc3)C(=O)N[C@H](CNc3ccc([N+](=O)[O-])cc3[N+](=O)[O-])C(=O)N[C@@H](C)C(=O)N[C@@H](C(=O)N[C@@H](CCC(=O)O)C(=O)N[C@@H](C(N)=O)C3CCN(C(=N)N)CC3)C3CCN(C(=N)N)CC3)C3CCN(C(=N)N)CC3)cc(=O)oc2c1. The van der Waals surface area contributed by atoms with Crippen LogP contribution in [-0.4, -0.2) is 250 Å². The summed E-state index contributed by atoms with van der Waals surface area (Å²) in [6.45, 7) is 4.79. The van der Waals surface area contributed by atoms with Gasteiger partial charge in [-0.25, -0.2) is 4.79 Å². The van der Waals surface area contributed by atoms with E-state index in [2.05, 4.69) is 53.2 Å². The molecule has 8 rings (SSSR count). The highest BCUT2D eigenvalue weighted by molar-refractivity contribution is 6.00. The van der Waals surface area contributed by atoms with Gasteiger partial charge < -0.3 is 115 Å². The normalized spacial score (nSPS) is 17.1. The number of carboxylic acid groups (broad SMARTS) is 1. The minimum atomic E-state index is -1.88. The molecule has 668 valence electrons. The number of unbranched alkanes of at least 4 members (excludes halogenated alkanes) is 1. The monoisotopic (exact) mass is 1720 g/mol. The summed E-state index contributed by atoms with van der Waals surface area (Å²) in [7, 11) is 1.44. The van der Waals surface area contributed by atoms with Crippen molar-refractivity contribution in [2.75, 3.05) is 77.9 Å². The molecule has 22 N–H and O–H groups in total. The number of rotatable bonds is 42. The second-order valence-electron chi connectivity index (χ2n) is 31.3. The molecule has 11 amide bonds. The van der Waals surface area contributed by atoms with Gasteiger partial charge in [0.25, 0.3) is 11.4 Å². The number of carboxylic acids is 1. The van der Waals surface area contributed by atoms with Gasteiger partial charge in [-0.05, 0) is 143 Å². The van der Waals surface area contributed by atoms with Gasteiger partial charge in [0, 0.05) is 89.0 Å². The predicted molar refractivity (Wildman–Crippen MR) is 444 cm³/mol. The molecule has 0 aliphatic carbocycles. The van der Waals surface area contributed by atoms with Crippen molar-refractivity contribution < 1.29 is 86.4 Å². The molecule has 4 aliphatic rings. The van der Waals surface area contributed by atoms with Crippen LogP contribution in [0, 0.1) is 60.1 Å². The molecule has 5 heterocycles. The van der Waals surface area contributed by atoms with E-state index >= 15 is 4.79 Å². The zero-order chi connectivity index (χ0) is 89.9. The van der Waals surface area contributed by atoms with E-state index < -0.39 is 196 Å². The molecule has 4 aromatic rings. The Morgan fingerprint density at radius 3 is 1.75 bits per heavy atom. The zero-order valence-electron chi connectivity index (χ0n) is 68.9. The number of nitro groups is 2. The Morgan fingerprint density at radius 1 is 0.593 bits per heavy atom.